The normalized spacial score (nSPS) is 14.9. The second kappa shape index (κ2) is 10.5. The van der Waals surface area contributed by atoms with Gasteiger partial charge in [-0.25, -0.2) is 0 Å². The Kier molecular flexibility index (Phi) is 7.75. The third kappa shape index (κ3) is 7.01. The summed E-state index contributed by atoms with van der Waals surface area (Å²) in [7, 11) is 0. The van der Waals surface area contributed by atoms with Crippen LogP contribution in [0, 0.1) is 6.92 Å². The van der Waals surface area contributed by atoms with E-state index in [9.17, 15) is 4.79 Å². The van der Waals surface area contributed by atoms with Crippen LogP contribution in [0.4, 0.5) is 0 Å². The lowest BCUT2D eigenvalue weighted by Crippen LogP contribution is -2.35. The highest BCUT2D eigenvalue weighted by atomic mass is 32.2. The summed E-state index contributed by atoms with van der Waals surface area (Å²) in [6, 6.07) is 17.0. The lowest BCUT2D eigenvalue weighted by molar-refractivity contribution is -0.120. The minimum atomic E-state index is 0.104. The Morgan fingerprint density at radius 2 is 1.70 bits per heavy atom. The molecule has 27 heavy (non-hydrogen) atoms. The molecular weight excluding hydrogens is 356 g/mol. The van der Waals surface area contributed by atoms with Crippen LogP contribution in [-0.2, 0) is 22.6 Å². The standard InChI is InChI=1S/C22H28N2O2S/c1-18-2-8-21(9-3-18)27-15-10-22(25)23-16-19-4-6-20(7-5-19)17-24-11-13-26-14-12-24/h2-9H,10-17H2,1H3,(H,23,25). The molecule has 2 aromatic rings. The lowest BCUT2D eigenvalue weighted by atomic mass is 10.1. The summed E-state index contributed by atoms with van der Waals surface area (Å²) in [6.45, 7) is 7.28. The summed E-state index contributed by atoms with van der Waals surface area (Å²) in [5, 5.41) is 3.02. The summed E-state index contributed by atoms with van der Waals surface area (Å²) in [5.74, 6) is 0.903. The van der Waals surface area contributed by atoms with E-state index in [-0.39, 0.29) is 5.91 Å². The number of hydrogen-bond donors (Lipinski definition) is 1. The number of nitrogens with zero attached hydrogens (tertiary/aromatic N) is 1. The molecule has 3 rings (SSSR count). The average Bonchev–Trinajstić information content (AvgIpc) is 2.70. The molecule has 2 aromatic carbocycles. The largest absolute Gasteiger partial charge is 0.379 e. The molecular formula is C22H28N2O2S. The zero-order chi connectivity index (χ0) is 18.9. The van der Waals surface area contributed by atoms with E-state index >= 15 is 0 Å². The van der Waals surface area contributed by atoms with Crippen molar-refractivity contribution in [1.29, 1.82) is 0 Å². The molecule has 5 heteroatoms. The van der Waals surface area contributed by atoms with Crippen LogP contribution in [0.1, 0.15) is 23.1 Å². The minimum Gasteiger partial charge on any atom is -0.379 e. The molecule has 1 N–H and O–H groups in total. The van der Waals surface area contributed by atoms with Crippen LogP contribution in [0.25, 0.3) is 0 Å². The molecule has 144 valence electrons. The number of ether oxygens (including phenoxy) is 1. The first-order valence-electron chi connectivity index (χ1n) is 9.53. The third-order valence-corrected chi connectivity index (χ3v) is 5.66. The fourth-order valence-electron chi connectivity index (χ4n) is 2.97. The van der Waals surface area contributed by atoms with Crippen molar-refractivity contribution in [2.75, 3.05) is 32.1 Å². The molecule has 4 nitrogen and oxygen atoms in total. The summed E-state index contributed by atoms with van der Waals surface area (Å²) < 4.78 is 5.39. The zero-order valence-electron chi connectivity index (χ0n) is 15.9. The molecule has 1 saturated heterocycles. The quantitative estimate of drug-likeness (QED) is 0.706. The van der Waals surface area contributed by atoms with E-state index in [0.717, 1.165) is 44.2 Å². The monoisotopic (exact) mass is 384 g/mol. The summed E-state index contributed by atoms with van der Waals surface area (Å²) >= 11 is 1.72. The van der Waals surface area contributed by atoms with Gasteiger partial charge in [0.05, 0.1) is 13.2 Å². The smallest absolute Gasteiger partial charge is 0.221 e. The molecule has 0 aromatic heterocycles. The third-order valence-electron chi connectivity index (χ3n) is 4.64. The molecule has 0 radical (unpaired) electrons. The number of carbonyl (C=O) groups excluding carboxylic acids is 1. The van der Waals surface area contributed by atoms with Crippen LogP contribution >= 0.6 is 11.8 Å². The van der Waals surface area contributed by atoms with E-state index in [2.05, 4.69) is 65.7 Å². The number of hydrogen-bond acceptors (Lipinski definition) is 4. The van der Waals surface area contributed by atoms with Crippen LogP contribution in [0.2, 0.25) is 0 Å². The van der Waals surface area contributed by atoms with Gasteiger partial charge in [0.25, 0.3) is 0 Å². The highest BCUT2D eigenvalue weighted by Gasteiger charge is 2.10. The van der Waals surface area contributed by atoms with Crippen molar-refractivity contribution in [2.24, 2.45) is 0 Å². The molecule has 1 amide bonds. The SMILES string of the molecule is Cc1ccc(SCCC(=O)NCc2ccc(CN3CCOCC3)cc2)cc1. The van der Waals surface area contributed by atoms with E-state index in [1.807, 2.05) is 0 Å². The number of carbonyl (C=O) groups is 1. The van der Waals surface area contributed by atoms with Gasteiger partial charge in [-0.1, -0.05) is 42.0 Å². The van der Waals surface area contributed by atoms with Gasteiger partial charge in [-0.15, -0.1) is 11.8 Å². The first-order valence-corrected chi connectivity index (χ1v) is 10.5. The van der Waals surface area contributed by atoms with Crippen molar-refractivity contribution in [3.05, 3.63) is 65.2 Å². The van der Waals surface area contributed by atoms with E-state index in [1.54, 1.807) is 11.8 Å². The van der Waals surface area contributed by atoms with Crippen LogP contribution in [-0.4, -0.2) is 42.9 Å². The Morgan fingerprint density at radius 3 is 2.41 bits per heavy atom. The molecule has 1 fully saturated rings. The van der Waals surface area contributed by atoms with E-state index in [0.29, 0.717) is 13.0 Å². The van der Waals surface area contributed by atoms with Gasteiger partial charge in [0, 0.05) is 43.2 Å². The fourth-order valence-corrected chi connectivity index (χ4v) is 3.82. The van der Waals surface area contributed by atoms with Crippen LogP contribution in [0.3, 0.4) is 0 Å². The van der Waals surface area contributed by atoms with Crippen LogP contribution in [0.5, 0.6) is 0 Å². The van der Waals surface area contributed by atoms with Crippen molar-refractivity contribution in [1.82, 2.24) is 10.2 Å². The molecule has 1 aliphatic heterocycles. The molecule has 0 spiro atoms. The number of amides is 1. The van der Waals surface area contributed by atoms with Gasteiger partial charge in [-0.3, -0.25) is 9.69 Å². The molecule has 0 bridgehead atoms. The molecule has 0 atom stereocenters. The van der Waals surface area contributed by atoms with Crippen LogP contribution in [0.15, 0.2) is 53.4 Å². The molecule has 0 saturated carbocycles. The average molecular weight is 385 g/mol. The number of thioether (sulfide) groups is 1. The summed E-state index contributed by atoms with van der Waals surface area (Å²) in [6.07, 6.45) is 0.535. The Bertz CT molecular complexity index is 710. The number of benzene rings is 2. The fraction of sp³-hybridized carbons (Fsp3) is 0.409. The first-order chi connectivity index (χ1) is 13.2. The second-order valence-electron chi connectivity index (χ2n) is 6.89. The molecule has 0 unspecified atom stereocenters. The minimum absolute atomic E-state index is 0.104. The Labute approximate surface area is 166 Å². The Hall–Kier alpha value is -1.82. The van der Waals surface area contributed by atoms with Gasteiger partial charge in [0.15, 0.2) is 0 Å². The zero-order valence-corrected chi connectivity index (χ0v) is 16.8. The number of aryl methyl sites for hydroxylation is 1. The molecule has 1 aliphatic rings. The maximum atomic E-state index is 12.0. The maximum absolute atomic E-state index is 12.0. The highest BCUT2D eigenvalue weighted by molar-refractivity contribution is 7.99. The second-order valence-corrected chi connectivity index (χ2v) is 8.06. The lowest BCUT2D eigenvalue weighted by Gasteiger charge is -2.26. The van der Waals surface area contributed by atoms with Crippen molar-refractivity contribution in [2.45, 2.75) is 31.3 Å². The van der Waals surface area contributed by atoms with E-state index in [4.69, 9.17) is 4.74 Å². The van der Waals surface area contributed by atoms with Gasteiger partial charge in [0.2, 0.25) is 5.91 Å². The van der Waals surface area contributed by atoms with E-state index < -0.39 is 0 Å². The first kappa shape index (κ1) is 19.9. The van der Waals surface area contributed by atoms with Gasteiger partial charge >= 0.3 is 0 Å². The molecule has 0 aliphatic carbocycles. The summed E-state index contributed by atoms with van der Waals surface area (Å²) in [5.41, 5.74) is 3.70. The van der Waals surface area contributed by atoms with E-state index in [1.165, 1.54) is 16.0 Å². The summed E-state index contributed by atoms with van der Waals surface area (Å²) in [4.78, 5) is 15.7. The van der Waals surface area contributed by atoms with Gasteiger partial charge in [-0.05, 0) is 30.2 Å². The van der Waals surface area contributed by atoms with Gasteiger partial charge in [-0.2, -0.15) is 0 Å². The number of morpholine rings is 1. The topological polar surface area (TPSA) is 41.6 Å². The van der Waals surface area contributed by atoms with Crippen molar-refractivity contribution in [3.63, 3.8) is 0 Å². The van der Waals surface area contributed by atoms with Crippen molar-refractivity contribution < 1.29 is 9.53 Å². The number of rotatable bonds is 8. The van der Waals surface area contributed by atoms with Crippen LogP contribution < -0.4 is 5.32 Å². The Morgan fingerprint density at radius 1 is 1.04 bits per heavy atom. The van der Waals surface area contributed by atoms with Crippen molar-refractivity contribution >= 4 is 17.7 Å². The maximum Gasteiger partial charge on any atom is 0.221 e. The van der Waals surface area contributed by atoms with Gasteiger partial charge in [0.1, 0.15) is 0 Å². The predicted molar refractivity (Wildman–Crippen MR) is 111 cm³/mol. The Balaban J connectivity index is 1.35. The highest BCUT2D eigenvalue weighted by Crippen LogP contribution is 2.19. The predicted octanol–water partition coefficient (Wildman–Crippen LogP) is 3.63. The van der Waals surface area contributed by atoms with Crippen molar-refractivity contribution in [3.8, 4) is 0 Å². The van der Waals surface area contributed by atoms with Gasteiger partial charge < -0.3 is 10.1 Å². The molecule has 1 heterocycles. The number of nitrogens with one attached hydrogen (secondary N) is 1.